The molecule has 0 aromatic heterocycles. The average molecular weight is 279 g/mol. The topological polar surface area (TPSA) is 41.6 Å². The molecule has 1 aliphatic rings. The Kier molecular flexibility index (Phi) is 4.86. The van der Waals surface area contributed by atoms with E-state index in [0.717, 1.165) is 12.1 Å². The van der Waals surface area contributed by atoms with Gasteiger partial charge >= 0.3 is 0 Å². The fourth-order valence-electron chi connectivity index (χ4n) is 1.74. The number of methoxy groups -OCH3 is 1. The summed E-state index contributed by atoms with van der Waals surface area (Å²) >= 11 is 0. The molecule has 1 amide bonds. The van der Waals surface area contributed by atoms with Crippen LogP contribution in [0.3, 0.4) is 0 Å². The van der Waals surface area contributed by atoms with Crippen LogP contribution < -0.4 is 15.0 Å². The predicted octanol–water partition coefficient (Wildman–Crippen LogP) is 1.33. The number of ether oxygens (including phenoxy) is 1. The van der Waals surface area contributed by atoms with Gasteiger partial charge in [-0.25, -0.2) is 8.78 Å². The number of nitrogens with one attached hydrogen (secondary N) is 1. The Balaban J connectivity index is 0.00000162. The van der Waals surface area contributed by atoms with E-state index in [4.69, 9.17) is 0 Å². The minimum atomic E-state index is -0.685. The Morgan fingerprint density at radius 2 is 2.06 bits per heavy atom. The maximum absolute atomic E-state index is 13.7. The van der Waals surface area contributed by atoms with E-state index in [0.29, 0.717) is 13.1 Å². The first-order valence-electron chi connectivity index (χ1n) is 5.17. The van der Waals surface area contributed by atoms with Gasteiger partial charge in [0.2, 0.25) is 5.91 Å². The SMILES string of the molecule is COc1cc(F)c(N2CCNCC2=O)cc1F.Cl. The van der Waals surface area contributed by atoms with E-state index < -0.39 is 11.6 Å². The van der Waals surface area contributed by atoms with Crippen molar-refractivity contribution in [3.05, 3.63) is 23.8 Å². The second-order valence-electron chi connectivity index (χ2n) is 3.66. The number of carbonyl (C=O) groups is 1. The number of piperazine rings is 1. The number of carbonyl (C=O) groups excluding carboxylic acids is 1. The Labute approximate surface area is 109 Å². The highest BCUT2D eigenvalue weighted by Gasteiger charge is 2.23. The van der Waals surface area contributed by atoms with Gasteiger partial charge in [-0.2, -0.15) is 0 Å². The van der Waals surface area contributed by atoms with Crippen LogP contribution in [0.1, 0.15) is 0 Å². The summed E-state index contributed by atoms with van der Waals surface area (Å²) in [7, 11) is 1.26. The molecule has 4 nitrogen and oxygen atoms in total. The summed E-state index contributed by atoms with van der Waals surface area (Å²) in [4.78, 5) is 12.8. The van der Waals surface area contributed by atoms with Crippen LogP contribution in [0.2, 0.25) is 0 Å². The first kappa shape index (κ1) is 14.7. The van der Waals surface area contributed by atoms with Gasteiger partial charge in [0.1, 0.15) is 0 Å². The molecule has 0 atom stereocenters. The van der Waals surface area contributed by atoms with Crippen LogP contribution in [0.15, 0.2) is 12.1 Å². The molecule has 100 valence electrons. The molecular weight excluding hydrogens is 266 g/mol. The molecule has 7 heteroatoms. The van der Waals surface area contributed by atoms with Gasteiger partial charge in [0.25, 0.3) is 0 Å². The number of anilines is 1. The van der Waals surface area contributed by atoms with Crippen molar-refractivity contribution in [1.29, 1.82) is 0 Å². The lowest BCUT2D eigenvalue weighted by Gasteiger charge is -2.27. The monoisotopic (exact) mass is 278 g/mol. The third-order valence-corrected chi connectivity index (χ3v) is 2.60. The van der Waals surface area contributed by atoms with Crippen molar-refractivity contribution in [1.82, 2.24) is 5.32 Å². The van der Waals surface area contributed by atoms with Crippen molar-refractivity contribution in [2.24, 2.45) is 0 Å². The van der Waals surface area contributed by atoms with E-state index in [2.05, 4.69) is 10.1 Å². The molecule has 1 aromatic rings. The van der Waals surface area contributed by atoms with E-state index in [1.807, 2.05) is 0 Å². The van der Waals surface area contributed by atoms with Crippen LogP contribution in [0.4, 0.5) is 14.5 Å². The molecule has 0 radical (unpaired) electrons. The number of halogens is 3. The second kappa shape index (κ2) is 5.97. The van der Waals surface area contributed by atoms with E-state index in [1.54, 1.807) is 0 Å². The van der Waals surface area contributed by atoms with Gasteiger partial charge in [-0.1, -0.05) is 0 Å². The van der Waals surface area contributed by atoms with Crippen molar-refractivity contribution in [2.45, 2.75) is 0 Å². The molecule has 0 aliphatic carbocycles. The van der Waals surface area contributed by atoms with Crippen molar-refractivity contribution >= 4 is 24.0 Å². The number of hydrogen-bond acceptors (Lipinski definition) is 3. The molecule has 0 spiro atoms. The molecule has 1 saturated heterocycles. The van der Waals surface area contributed by atoms with Crippen molar-refractivity contribution in [3.63, 3.8) is 0 Å². The van der Waals surface area contributed by atoms with Crippen LogP contribution >= 0.6 is 12.4 Å². The summed E-state index contributed by atoms with van der Waals surface area (Å²) in [5.74, 6) is -1.80. The minimum absolute atomic E-state index is 0. The van der Waals surface area contributed by atoms with E-state index in [1.165, 1.54) is 12.0 Å². The van der Waals surface area contributed by atoms with Gasteiger partial charge < -0.3 is 15.0 Å². The molecule has 0 saturated carbocycles. The third kappa shape index (κ3) is 2.70. The molecule has 1 N–H and O–H groups in total. The van der Waals surface area contributed by atoms with E-state index in [-0.39, 0.29) is 36.3 Å². The van der Waals surface area contributed by atoms with Crippen LogP contribution in [-0.2, 0) is 4.79 Å². The quantitative estimate of drug-likeness (QED) is 0.887. The van der Waals surface area contributed by atoms with Gasteiger partial charge in [0.15, 0.2) is 17.4 Å². The largest absolute Gasteiger partial charge is 0.494 e. The molecule has 1 heterocycles. The van der Waals surface area contributed by atoms with Crippen molar-refractivity contribution in [3.8, 4) is 5.75 Å². The Morgan fingerprint density at radius 3 is 2.67 bits per heavy atom. The molecule has 0 unspecified atom stereocenters. The lowest BCUT2D eigenvalue weighted by Crippen LogP contribution is -2.48. The lowest BCUT2D eigenvalue weighted by molar-refractivity contribution is -0.118. The number of nitrogens with zero attached hydrogens (tertiary/aromatic N) is 1. The van der Waals surface area contributed by atoms with Crippen LogP contribution in [0, 0.1) is 11.6 Å². The number of hydrogen-bond donors (Lipinski definition) is 1. The zero-order valence-electron chi connectivity index (χ0n) is 9.70. The van der Waals surface area contributed by atoms with E-state index >= 15 is 0 Å². The van der Waals surface area contributed by atoms with E-state index in [9.17, 15) is 13.6 Å². The lowest BCUT2D eigenvalue weighted by atomic mass is 10.2. The molecule has 0 bridgehead atoms. The highest BCUT2D eigenvalue weighted by molar-refractivity contribution is 5.95. The standard InChI is InChI=1S/C11H12F2N2O2.ClH/c1-17-10-5-7(12)9(4-8(10)13)15-3-2-14-6-11(15)16;/h4-5,14H,2-3,6H2,1H3;1H. The summed E-state index contributed by atoms with van der Waals surface area (Å²) in [5, 5.41) is 2.86. The summed E-state index contributed by atoms with van der Waals surface area (Å²) in [6, 6.07) is 1.93. The fourth-order valence-corrected chi connectivity index (χ4v) is 1.74. The normalized spacial score (nSPS) is 15.3. The molecule has 18 heavy (non-hydrogen) atoms. The third-order valence-electron chi connectivity index (χ3n) is 2.60. The fraction of sp³-hybridized carbons (Fsp3) is 0.364. The Hall–Kier alpha value is -1.40. The average Bonchev–Trinajstić information content (AvgIpc) is 2.32. The molecular formula is C11H13ClF2N2O2. The molecule has 1 aromatic carbocycles. The number of amides is 1. The van der Waals surface area contributed by atoms with Gasteiger partial charge in [-0.05, 0) is 0 Å². The smallest absolute Gasteiger partial charge is 0.241 e. The first-order chi connectivity index (χ1) is 8.13. The van der Waals surface area contributed by atoms with Gasteiger partial charge in [0.05, 0.1) is 19.3 Å². The van der Waals surface area contributed by atoms with Crippen molar-refractivity contribution in [2.75, 3.05) is 31.6 Å². The Morgan fingerprint density at radius 1 is 1.33 bits per heavy atom. The molecule has 1 aliphatic heterocycles. The minimum Gasteiger partial charge on any atom is -0.494 e. The maximum Gasteiger partial charge on any atom is 0.241 e. The summed E-state index contributed by atoms with van der Waals surface area (Å²) in [6.07, 6.45) is 0. The highest BCUT2D eigenvalue weighted by Crippen LogP contribution is 2.27. The number of rotatable bonds is 2. The summed E-state index contributed by atoms with van der Waals surface area (Å²) < 4.78 is 31.8. The maximum atomic E-state index is 13.7. The zero-order chi connectivity index (χ0) is 12.4. The summed E-state index contributed by atoms with van der Waals surface area (Å²) in [6.45, 7) is 1.01. The molecule has 2 rings (SSSR count). The van der Waals surface area contributed by atoms with Gasteiger partial charge in [0, 0.05) is 25.2 Å². The first-order valence-corrected chi connectivity index (χ1v) is 5.17. The van der Waals surface area contributed by atoms with Crippen LogP contribution in [-0.4, -0.2) is 32.7 Å². The van der Waals surface area contributed by atoms with Crippen molar-refractivity contribution < 1.29 is 18.3 Å². The zero-order valence-corrected chi connectivity index (χ0v) is 10.5. The second-order valence-corrected chi connectivity index (χ2v) is 3.66. The van der Waals surface area contributed by atoms with Crippen LogP contribution in [0.25, 0.3) is 0 Å². The van der Waals surface area contributed by atoms with Crippen LogP contribution in [0.5, 0.6) is 5.75 Å². The Bertz CT molecular complexity index is 457. The van der Waals surface area contributed by atoms with Gasteiger partial charge in [-0.15, -0.1) is 12.4 Å². The highest BCUT2D eigenvalue weighted by atomic mass is 35.5. The predicted molar refractivity (Wildman–Crippen MR) is 65.4 cm³/mol. The summed E-state index contributed by atoms with van der Waals surface area (Å²) in [5.41, 5.74) is -0.0465. The molecule has 1 fully saturated rings. The number of benzene rings is 1. The van der Waals surface area contributed by atoms with Gasteiger partial charge in [-0.3, -0.25) is 4.79 Å².